The van der Waals surface area contributed by atoms with Crippen molar-refractivity contribution in [3.8, 4) is 16.9 Å². The molecule has 26 heavy (non-hydrogen) atoms. The Balaban J connectivity index is 0.00000243. The number of hydrogen-bond acceptors (Lipinski definition) is 4. The van der Waals surface area contributed by atoms with Crippen LogP contribution in [0.2, 0.25) is 0 Å². The van der Waals surface area contributed by atoms with Crippen LogP contribution >= 0.6 is 12.4 Å². The Hall–Kier alpha value is -1.59. The van der Waals surface area contributed by atoms with Gasteiger partial charge in [0.1, 0.15) is 12.4 Å². The van der Waals surface area contributed by atoms with Crippen LogP contribution in [0.3, 0.4) is 0 Å². The summed E-state index contributed by atoms with van der Waals surface area (Å²) in [5, 5.41) is 0. The number of benzene rings is 2. The molecule has 0 unspecified atom stereocenters. The molecule has 0 aromatic heterocycles. The Morgan fingerprint density at radius 1 is 0.769 bits per heavy atom. The van der Waals surface area contributed by atoms with E-state index >= 15 is 0 Å². The lowest BCUT2D eigenvalue weighted by Gasteiger charge is -2.32. The van der Waals surface area contributed by atoms with Crippen LogP contribution in [-0.2, 0) is 4.74 Å². The molecule has 0 aliphatic carbocycles. The van der Waals surface area contributed by atoms with Crippen LogP contribution in [0.5, 0.6) is 5.75 Å². The Morgan fingerprint density at radius 2 is 1.42 bits per heavy atom. The Kier molecular flexibility index (Phi) is 8.92. The van der Waals surface area contributed by atoms with Crippen LogP contribution in [0.25, 0.3) is 11.1 Å². The number of halogens is 1. The second kappa shape index (κ2) is 11.2. The van der Waals surface area contributed by atoms with E-state index in [0.717, 1.165) is 45.1 Å². The van der Waals surface area contributed by atoms with Crippen LogP contribution in [0.15, 0.2) is 54.6 Å². The molecule has 5 heteroatoms. The van der Waals surface area contributed by atoms with E-state index in [9.17, 15) is 0 Å². The van der Waals surface area contributed by atoms with E-state index in [1.54, 1.807) is 0 Å². The first-order valence-corrected chi connectivity index (χ1v) is 9.08. The van der Waals surface area contributed by atoms with Crippen molar-refractivity contribution in [1.82, 2.24) is 9.80 Å². The molecule has 2 aromatic rings. The summed E-state index contributed by atoms with van der Waals surface area (Å²) in [6, 6.07) is 18.6. The first kappa shape index (κ1) is 20.7. The fourth-order valence-electron chi connectivity index (χ4n) is 2.96. The monoisotopic (exact) mass is 376 g/mol. The standard InChI is InChI=1S/C21H28N2O2.ClH/c1-22-11-13-23(14-12-22)15-16-24-17-18-25-21-9-7-20(8-10-21)19-5-3-2-4-6-19;/h2-10H,11-18H2,1H3;1H. The highest BCUT2D eigenvalue weighted by molar-refractivity contribution is 5.85. The zero-order chi connectivity index (χ0) is 17.3. The average molecular weight is 377 g/mol. The van der Waals surface area contributed by atoms with Crippen molar-refractivity contribution < 1.29 is 9.47 Å². The number of likely N-dealkylation sites (N-methyl/N-ethyl adjacent to an activating group) is 1. The lowest BCUT2D eigenvalue weighted by molar-refractivity contribution is 0.0658. The molecule has 0 amide bonds. The SMILES string of the molecule is CN1CCN(CCOCCOc2ccc(-c3ccccc3)cc2)CC1.Cl. The highest BCUT2D eigenvalue weighted by atomic mass is 35.5. The molecule has 142 valence electrons. The minimum absolute atomic E-state index is 0. The number of nitrogens with zero attached hydrogens (tertiary/aromatic N) is 2. The highest BCUT2D eigenvalue weighted by Crippen LogP contribution is 2.21. The van der Waals surface area contributed by atoms with Gasteiger partial charge in [-0.15, -0.1) is 12.4 Å². The van der Waals surface area contributed by atoms with Crippen molar-refractivity contribution in [1.29, 1.82) is 0 Å². The number of piperazine rings is 1. The molecule has 3 rings (SSSR count). The largest absolute Gasteiger partial charge is 0.491 e. The molecule has 0 spiro atoms. The van der Waals surface area contributed by atoms with Crippen LogP contribution in [0, 0.1) is 0 Å². The van der Waals surface area contributed by atoms with Crippen molar-refractivity contribution >= 4 is 12.4 Å². The second-order valence-corrected chi connectivity index (χ2v) is 6.50. The maximum absolute atomic E-state index is 5.76. The minimum Gasteiger partial charge on any atom is -0.491 e. The maximum atomic E-state index is 5.76. The van der Waals surface area contributed by atoms with Gasteiger partial charge in [-0.1, -0.05) is 42.5 Å². The Labute approximate surface area is 163 Å². The molecule has 0 N–H and O–H groups in total. The zero-order valence-corrected chi connectivity index (χ0v) is 16.3. The van der Waals surface area contributed by atoms with E-state index in [4.69, 9.17) is 9.47 Å². The zero-order valence-electron chi connectivity index (χ0n) is 15.5. The van der Waals surface area contributed by atoms with Gasteiger partial charge in [0.25, 0.3) is 0 Å². The molecule has 2 aromatic carbocycles. The van der Waals surface area contributed by atoms with E-state index < -0.39 is 0 Å². The van der Waals surface area contributed by atoms with E-state index in [2.05, 4.69) is 53.2 Å². The van der Waals surface area contributed by atoms with Crippen LogP contribution < -0.4 is 4.74 Å². The first-order chi connectivity index (χ1) is 12.3. The van der Waals surface area contributed by atoms with Crippen molar-refractivity contribution in [2.75, 3.05) is 59.6 Å². The van der Waals surface area contributed by atoms with Crippen molar-refractivity contribution in [3.63, 3.8) is 0 Å². The molecule has 1 heterocycles. The topological polar surface area (TPSA) is 24.9 Å². The van der Waals surface area contributed by atoms with Crippen LogP contribution in [-0.4, -0.2) is 69.4 Å². The van der Waals surface area contributed by atoms with Crippen LogP contribution in [0.1, 0.15) is 0 Å². The first-order valence-electron chi connectivity index (χ1n) is 9.08. The number of ether oxygens (including phenoxy) is 2. The van der Waals surface area contributed by atoms with Gasteiger partial charge in [0.2, 0.25) is 0 Å². The molecule has 0 bridgehead atoms. The van der Waals surface area contributed by atoms with Gasteiger partial charge in [0.05, 0.1) is 13.2 Å². The number of hydrogen-bond donors (Lipinski definition) is 0. The van der Waals surface area contributed by atoms with Gasteiger partial charge in [-0.05, 0) is 30.3 Å². The fraction of sp³-hybridized carbons (Fsp3) is 0.429. The van der Waals surface area contributed by atoms with Crippen LogP contribution in [0.4, 0.5) is 0 Å². The Morgan fingerprint density at radius 3 is 2.12 bits per heavy atom. The van der Waals surface area contributed by atoms with Gasteiger partial charge in [-0.2, -0.15) is 0 Å². The van der Waals surface area contributed by atoms with Gasteiger partial charge in [0, 0.05) is 32.7 Å². The fourth-order valence-corrected chi connectivity index (χ4v) is 2.96. The molecular weight excluding hydrogens is 348 g/mol. The third-order valence-corrected chi connectivity index (χ3v) is 4.61. The summed E-state index contributed by atoms with van der Waals surface area (Å²) in [5.41, 5.74) is 2.43. The van der Waals surface area contributed by atoms with Gasteiger partial charge in [-0.25, -0.2) is 0 Å². The summed E-state index contributed by atoms with van der Waals surface area (Å²) in [7, 11) is 2.18. The molecule has 1 aliphatic rings. The van der Waals surface area contributed by atoms with E-state index in [1.807, 2.05) is 18.2 Å². The lowest BCUT2D eigenvalue weighted by atomic mass is 10.1. The van der Waals surface area contributed by atoms with E-state index in [0.29, 0.717) is 13.2 Å². The van der Waals surface area contributed by atoms with E-state index in [1.165, 1.54) is 11.1 Å². The average Bonchev–Trinajstić information content (AvgIpc) is 2.67. The summed E-state index contributed by atoms with van der Waals surface area (Å²) >= 11 is 0. The molecule has 1 fully saturated rings. The third kappa shape index (κ3) is 6.61. The molecule has 0 saturated carbocycles. The summed E-state index contributed by atoms with van der Waals surface area (Å²) in [4.78, 5) is 4.83. The molecule has 1 aliphatic heterocycles. The number of rotatable bonds is 8. The second-order valence-electron chi connectivity index (χ2n) is 6.50. The highest BCUT2D eigenvalue weighted by Gasteiger charge is 2.12. The summed E-state index contributed by atoms with van der Waals surface area (Å²) in [6.07, 6.45) is 0. The van der Waals surface area contributed by atoms with Crippen molar-refractivity contribution in [2.45, 2.75) is 0 Å². The third-order valence-electron chi connectivity index (χ3n) is 4.61. The molecular formula is C21H29ClN2O2. The van der Waals surface area contributed by atoms with Crippen molar-refractivity contribution in [3.05, 3.63) is 54.6 Å². The lowest BCUT2D eigenvalue weighted by Crippen LogP contribution is -2.45. The normalized spacial score (nSPS) is 15.4. The quantitative estimate of drug-likeness (QED) is 0.659. The van der Waals surface area contributed by atoms with Gasteiger partial charge >= 0.3 is 0 Å². The molecule has 4 nitrogen and oxygen atoms in total. The predicted molar refractivity (Wildman–Crippen MR) is 109 cm³/mol. The Bertz CT molecular complexity index is 614. The smallest absolute Gasteiger partial charge is 0.119 e. The van der Waals surface area contributed by atoms with Gasteiger partial charge in [-0.3, -0.25) is 4.90 Å². The molecule has 0 atom stereocenters. The molecule has 1 saturated heterocycles. The summed E-state index contributed by atoms with van der Waals surface area (Å²) in [6.45, 7) is 7.61. The summed E-state index contributed by atoms with van der Waals surface area (Å²) in [5.74, 6) is 0.891. The maximum Gasteiger partial charge on any atom is 0.119 e. The molecule has 0 radical (unpaired) electrons. The predicted octanol–water partition coefficient (Wildman–Crippen LogP) is 3.42. The van der Waals surface area contributed by atoms with Crippen molar-refractivity contribution in [2.24, 2.45) is 0 Å². The minimum atomic E-state index is 0. The van der Waals surface area contributed by atoms with Gasteiger partial charge < -0.3 is 14.4 Å². The summed E-state index contributed by atoms with van der Waals surface area (Å²) < 4.78 is 11.5. The van der Waals surface area contributed by atoms with Gasteiger partial charge in [0.15, 0.2) is 0 Å². The van der Waals surface area contributed by atoms with E-state index in [-0.39, 0.29) is 12.4 Å².